The molecule has 0 unspecified atom stereocenters. The first kappa shape index (κ1) is 29.6. The summed E-state index contributed by atoms with van der Waals surface area (Å²) in [5.41, 5.74) is -0.304. The Balaban J connectivity index is 1.64. The third kappa shape index (κ3) is 6.66. The number of benzene rings is 2. The van der Waals surface area contributed by atoms with Gasteiger partial charge in [-0.1, -0.05) is 26.0 Å². The van der Waals surface area contributed by atoms with Gasteiger partial charge in [-0.2, -0.15) is 8.42 Å². The van der Waals surface area contributed by atoms with Crippen molar-refractivity contribution in [1.29, 1.82) is 0 Å². The lowest BCUT2D eigenvalue weighted by Gasteiger charge is -2.35. The Morgan fingerprint density at radius 1 is 1.15 bits per heavy atom. The van der Waals surface area contributed by atoms with Crippen LogP contribution in [-0.2, 0) is 10.0 Å². The van der Waals surface area contributed by atoms with Crippen molar-refractivity contribution in [3.05, 3.63) is 52.7 Å². The van der Waals surface area contributed by atoms with Gasteiger partial charge in [0.1, 0.15) is 22.3 Å². The average molecular weight is 603 g/mol. The Morgan fingerprint density at radius 3 is 2.42 bits per heavy atom. The number of nitrogens with zero attached hydrogens (tertiary/aromatic N) is 1. The average Bonchev–Trinajstić information content (AvgIpc) is 3.35. The van der Waals surface area contributed by atoms with E-state index in [4.69, 9.17) is 9.84 Å². The molecular weight excluding hydrogens is 576 g/mol. The number of rotatable bonds is 8. The molecule has 14 heteroatoms. The lowest BCUT2D eigenvalue weighted by Crippen LogP contribution is -2.22. The van der Waals surface area contributed by atoms with Gasteiger partial charge in [0.25, 0.3) is 10.0 Å². The zero-order valence-electron chi connectivity index (χ0n) is 21.6. The number of nitrogens with one attached hydrogen (secondary N) is 1. The van der Waals surface area contributed by atoms with Gasteiger partial charge in [-0.15, -0.1) is 24.5 Å². The first-order valence-corrected chi connectivity index (χ1v) is 14.4. The van der Waals surface area contributed by atoms with E-state index in [1.165, 1.54) is 11.4 Å². The fourth-order valence-electron chi connectivity index (χ4n) is 4.61. The number of carboxylic acid groups (broad SMARTS) is 1. The van der Waals surface area contributed by atoms with E-state index in [0.29, 0.717) is 24.5 Å². The zero-order valence-corrected chi connectivity index (χ0v) is 23.3. The fraction of sp³-hybridized carbons (Fsp3) is 0.385. The highest BCUT2D eigenvalue weighted by atomic mass is 32.2. The zero-order chi connectivity index (χ0) is 29.5. The van der Waals surface area contributed by atoms with E-state index in [1.54, 1.807) is 12.1 Å². The predicted octanol–water partition coefficient (Wildman–Crippen LogP) is 7.04. The maximum absolute atomic E-state index is 14.2. The number of sulfonamides is 1. The van der Waals surface area contributed by atoms with E-state index in [-0.39, 0.29) is 39.1 Å². The van der Waals surface area contributed by atoms with Gasteiger partial charge in [0, 0.05) is 17.0 Å². The van der Waals surface area contributed by atoms with Gasteiger partial charge in [-0.05, 0) is 54.7 Å². The van der Waals surface area contributed by atoms with Crippen LogP contribution in [0.3, 0.4) is 0 Å². The molecule has 40 heavy (non-hydrogen) atoms. The Labute approximate surface area is 232 Å². The topological polar surface area (TPSA) is 115 Å². The Morgan fingerprint density at radius 2 is 1.82 bits per heavy atom. The predicted molar refractivity (Wildman–Crippen MR) is 140 cm³/mol. The molecule has 0 atom stereocenters. The van der Waals surface area contributed by atoms with Crippen LogP contribution in [0.2, 0.25) is 0 Å². The molecule has 4 rings (SSSR count). The van der Waals surface area contributed by atoms with Gasteiger partial charge < -0.3 is 14.6 Å². The molecule has 0 amide bonds. The second kappa shape index (κ2) is 10.9. The van der Waals surface area contributed by atoms with Crippen LogP contribution >= 0.6 is 11.3 Å². The van der Waals surface area contributed by atoms with Crippen molar-refractivity contribution in [3.8, 4) is 22.1 Å². The summed E-state index contributed by atoms with van der Waals surface area (Å²) in [6, 6.07) is 5.83. The Hall–Kier alpha value is -3.39. The number of anilines is 1. The van der Waals surface area contributed by atoms with Crippen LogP contribution in [0.1, 0.15) is 61.4 Å². The first-order valence-electron chi connectivity index (χ1n) is 12.1. The molecule has 0 bridgehead atoms. The molecule has 1 fully saturated rings. The molecule has 3 aromatic rings. The standard InChI is InChI=1S/C26H26F4N2O6S2/c1-25(2)8-6-14(7-9-25)16-5-4-15(10-20(16)38-26(28,29)30)23-31-22(13-39-23)40(35,36)32-19-12-18(27)17(24(33)34)11-21(19)37-3/h4-5,10-14,32H,6-9H2,1-3H3,(H,33,34). The van der Waals surface area contributed by atoms with Gasteiger partial charge in [-0.3, -0.25) is 4.72 Å². The van der Waals surface area contributed by atoms with E-state index >= 15 is 0 Å². The van der Waals surface area contributed by atoms with Crippen LogP contribution in [0.4, 0.5) is 23.2 Å². The van der Waals surface area contributed by atoms with Crippen LogP contribution in [0.5, 0.6) is 11.5 Å². The van der Waals surface area contributed by atoms with Crippen LogP contribution in [0.25, 0.3) is 10.6 Å². The highest BCUT2D eigenvalue weighted by Crippen LogP contribution is 2.46. The van der Waals surface area contributed by atoms with E-state index in [2.05, 4.69) is 28.3 Å². The Kier molecular flexibility index (Phi) is 8.05. The van der Waals surface area contributed by atoms with Gasteiger partial charge in [0.2, 0.25) is 0 Å². The summed E-state index contributed by atoms with van der Waals surface area (Å²) in [5, 5.41) is 9.89. The number of methoxy groups -OCH3 is 1. The monoisotopic (exact) mass is 602 g/mol. The van der Waals surface area contributed by atoms with Crippen molar-refractivity contribution in [3.63, 3.8) is 0 Å². The van der Waals surface area contributed by atoms with Crippen molar-refractivity contribution in [2.75, 3.05) is 11.8 Å². The minimum atomic E-state index is -4.92. The molecule has 1 saturated carbocycles. The molecule has 0 aliphatic heterocycles. The quantitative estimate of drug-likeness (QED) is 0.266. The normalized spacial score (nSPS) is 16.0. The molecular formula is C26H26F4N2O6S2. The summed E-state index contributed by atoms with van der Waals surface area (Å²) in [4.78, 5) is 15.2. The van der Waals surface area contributed by atoms with Crippen molar-refractivity contribution in [2.45, 2.75) is 56.8 Å². The number of aromatic nitrogens is 1. The number of carbonyl (C=O) groups is 1. The van der Waals surface area contributed by atoms with Crippen molar-refractivity contribution < 1.29 is 45.4 Å². The summed E-state index contributed by atoms with van der Waals surface area (Å²) >= 11 is 0.877. The van der Waals surface area contributed by atoms with Gasteiger partial charge in [0.05, 0.1) is 18.4 Å². The van der Waals surface area contributed by atoms with Crippen molar-refractivity contribution in [1.82, 2.24) is 4.98 Å². The largest absolute Gasteiger partial charge is 0.573 e. The number of halogens is 4. The third-order valence-electron chi connectivity index (χ3n) is 6.79. The molecule has 0 radical (unpaired) electrons. The molecule has 1 aromatic heterocycles. The maximum Gasteiger partial charge on any atom is 0.573 e. The summed E-state index contributed by atoms with van der Waals surface area (Å²) in [6.07, 6.45) is -1.78. The van der Waals surface area contributed by atoms with E-state index in [0.717, 1.165) is 37.4 Å². The highest BCUT2D eigenvalue weighted by molar-refractivity contribution is 7.92. The van der Waals surface area contributed by atoms with Crippen LogP contribution < -0.4 is 14.2 Å². The number of hydrogen-bond donors (Lipinski definition) is 2. The smallest absolute Gasteiger partial charge is 0.495 e. The summed E-state index contributed by atoms with van der Waals surface area (Å²) in [6.45, 7) is 4.25. The van der Waals surface area contributed by atoms with E-state index in [1.807, 2.05) is 0 Å². The molecule has 0 spiro atoms. The minimum Gasteiger partial charge on any atom is -0.495 e. The van der Waals surface area contributed by atoms with Crippen molar-refractivity contribution in [2.24, 2.45) is 5.41 Å². The maximum atomic E-state index is 14.2. The number of thiazole rings is 1. The van der Waals surface area contributed by atoms with Crippen LogP contribution in [0.15, 0.2) is 40.7 Å². The highest BCUT2D eigenvalue weighted by Gasteiger charge is 2.35. The second-order valence-corrected chi connectivity index (χ2v) is 12.7. The van der Waals surface area contributed by atoms with E-state index < -0.39 is 38.8 Å². The van der Waals surface area contributed by atoms with Gasteiger partial charge in [0.15, 0.2) is 5.03 Å². The van der Waals surface area contributed by atoms with Gasteiger partial charge >= 0.3 is 12.3 Å². The lowest BCUT2D eigenvalue weighted by molar-refractivity contribution is -0.275. The third-order valence-corrected chi connectivity index (χ3v) is 9.08. The fourth-order valence-corrected chi connectivity index (χ4v) is 6.76. The summed E-state index contributed by atoms with van der Waals surface area (Å²) in [7, 11) is -3.27. The first-order chi connectivity index (χ1) is 18.6. The molecule has 8 nitrogen and oxygen atoms in total. The molecule has 1 aliphatic rings. The van der Waals surface area contributed by atoms with Gasteiger partial charge in [-0.25, -0.2) is 14.2 Å². The minimum absolute atomic E-state index is 0.112. The number of aromatic carboxylic acids is 1. The number of alkyl halides is 3. The second-order valence-electron chi connectivity index (χ2n) is 10.2. The van der Waals surface area contributed by atoms with E-state index in [9.17, 15) is 30.8 Å². The molecule has 0 saturated heterocycles. The Bertz CT molecular complexity index is 1530. The number of carboxylic acids is 1. The summed E-state index contributed by atoms with van der Waals surface area (Å²) < 4.78 is 91.5. The molecule has 2 N–H and O–H groups in total. The van der Waals surface area contributed by atoms with Crippen LogP contribution in [-0.4, -0.2) is 37.9 Å². The van der Waals surface area contributed by atoms with Crippen molar-refractivity contribution >= 4 is 33.0 Å². The molecule has 2 aromatic carbocycles. The van der Waals surface area contributed by atoms with Crippen LogP contribution in [0, 0.1) is 11.2 Å². The number of ether oxygens (including phenoxy) is 2. The SMILES string of the molecule is COc1cc(C(=O)O)c(F)cc1NS(=O)(=O)c1csc(-c2ccc(C3CCC(C)(C)CC3)c(OC(F)(F)F)c2)n1. The molecule has 1 heterocycles. The summed E-state index contributed by atoms with van der Waals surface area (Å²) in [5.74, 6) is -3.47. The molecule has 1 aliphatic carbocycles. The lowest BCUT2D eigenvalue weighted by atomic mass is 9.71. The number of hydrogen-bond acceptors (Lipinski definition) is 7. The molecule has 216 valence electrons.